The molecular weight excluding hydrogens is 286 g/mol. The van der Waals surface area contributed by atoms with E-state index in [0.29, 0.717) is 10.9 Å². The first kappa shape index (κ1) is 13.9. The van der Waals surface area contributed by atoms with E-state index in [-0.39, 0.29) is 0 Å². The van der Waals surface area contributed by atoms with Gasteiger partial charge in [0.15, 0.2) is 0 Å². The first-order valence-corrected chi connectivity index (χ1v) is 6.94. The molecule has 1 N–H and O–H groups in total. The van der Waals surface area contributed by atoms with Gasteiger partial charge in [0.05, 0.1) is 12.6 Å². The number of ether oxygens (including phenoxy) is 1. The average molecular weight is 300 g/mol. The minimum atomic E-state index is -0.787. The van der Waals surface area contributed by atoms with Crippen LogP contribution in [0.5, 0.6) is 5.88 Å². The van der Waals surface area contributed by atoms with Gasteiger partial charge in [-0.15, -0.1) is 0 Å². The third kappa shape index (κ3) is 2.71. The topological polar surface area (TPSA) is 42.4 Å². The number of fused-ring (bicyclic) bond motifs is 1. The molecule has 0 bridgehead atoms. The molecule has 2 aromatic carbocycles. The summed E-state index contributed by atoms with van der Waals surface area (Å²) in [5, 5.41) is 12.2. The van der Waals surface area contributed by atoms with Gasteiger partial charge in [-0.25, -0.2) is 4.98 Å². The van der Waals surface area contributed by atoms with Crippen molar-refractivity contribution in [3.63, 3.8) is 0 Å². The Hall–Kier alpha value is -2.10. The first-order chi connectivity index (χ1) is 10.2. The molecule has 0 aliphatic carbocycles. The van der Waals surface area contributed by atoms with E-state index in [1.807, 2.05) is 36.4 Å². The largest absolute Gasteiger partial charge is 0.481 e. The van der Waals surface area contributed by atoms with E-state index < -0.39 is 6.10 Å². The fourth-order valence-corrected chi connectivity index (χ4v) is 2.56. The highest BCUT2D eigenvalue weighted by molar-refractivity contribution is 6.30. The summed E-state index contributed by atoms with van der Waals surface area (Å²) in [5.41, 5.74) is 2.27. The van der Waals surface area contributed by atoms with Crippen molar-refractivity contribution in [2.24, 2.45) is 0 Å². The molecule has 1 heterocycles. The molecule has 0 saturated heterocycles. The highest BCUT2D eigenvalue weighted by Gasteiger charge is 2.16. The molecule has 1 unspecified atom stereocenters. The zero-order valence-corrected chi connectivity index (χ0v) is 12.2. The molecule has 3 rings (SSSR count). The SMILES string of the molecule is COc1cc(C(O)c2cccc(Cl)c2)c2ccccc2n1. The number of halogens is 1. The normalized spacial score (nSPS) is 12.3. The molecule has 3 aromatic rings. The number of aromatic nitrogens is 1. The summed E-state index contributed by atoms with van der Waals surface area (Å²) in [7, 11) is 1.56. The second-order valence-electron chi connectivity index (χ2n) is 4.73. The van der Waals surface area contributed by atoms with Crippen molar-refractivity contribution < 1.29 is 9.84 Å². The third-order valence-corrected chi connectivity index (χ3v) is 3.63. The summed E-state index contributed by atoms with van der Waals surface area (Å²) in [6.07, 6.45) is -0.787. The number of pyridine rings is 1. The van der Waals surface area contributed by atoms with Crippen molar-refractivity contribution in [3.8, 4) is 5.88 Å². The number of hydrogen-bond acceptors (Lipinski definition) is 3. The van der Waals surface area contributed by atoms with E-state index in [1.54, 1.807) is 25.3 Å². The van der Waals surface area contributed by atoms with Crippen LogP contribution in [-0.4, -0.2) is 17.2 Å². The summed E-state index contributed by atoms with van der Waals surface area (Å²) < 4.78 is 5.22. The van der Waals surface area contributed by atoms with Gasteiger partial charge in [0.25, 0.3) is 0 Å². The average Bonchev–Trinajstić information content (AvgIpc) is 2.53. The van der Waals surface area contributed by atoms with Crippen molar-refractivity contribution in [1.82, 2.24) is 4.98 Å². The Labute approximate surface area is 127 Å². The Balaban J connectivity index is 2.18. The van der Waals surface area contributed by atoms with Crippen LogP contribution in [0.2, 0.25) is 5.02 Å². The van der Waals surface area contributed by atoms with Crippen LogP contribution in [0.15, 0.2) is 54.6 Å². The lowest BCUT2D eigenvalue weighted by Gasteiger charge is -2.15. The Morgan fingerprint density at radius 2 is 1.90 bits per heavy atom. The van der Waals surface area contributed by atoms with E-state index in [4.69, 9.17) is 16.3 Å². The molecule has 3 nitrogen and oxygen atoms in total. The van der Waals surface area contributed by atoms with E-state index in [2.05, 4.69) is 4.98 Å². The highest BCUT2D eigenvalue weighted by atomic mass is 35.5. The maximum Gasteiger partial charge on any atom is 0.213 e. The zero-order valence-electron chi connectivity index (χ0n) is 11.5. The number of methoxy groups -OCH3 is 1. The highest BCUT2D eigenvalue weighted by Crippen LogP contribution is 2.31. The van der Waals surface area contributed by atoms with Gasteiger partial charge >= 0.3 is 0 Å². The lowest BCUT2D eigenvalue weighted by atomic mass is 9.98. The van der Waals surface area contributed by atoms with Crippen molar-refractivity contribution in [2.45, 2.75) is 6.10 Å². The number of aliphatic hydroxyl groups excluding tert-OH is 1. The van der Waals surface area contributed by atoms with Crippen molar-refractivity contribution in [2.75, 3.05) is 7.11 Å². The fourth-order valence-electron chi connectivity index (χ4n) is 2.36. The van der Waals surface area contributed by atoms with E-state index >= 15 is 0 Å². The van der Waals surface area contributed by atoms with E-state index in [0.717, 1.165) is 22.0 Å². The van der Waals surface area contributed by atoms with Gasteiger partial charge in [0, 0.05) is 16.5 Å². The van der Waals surface area contributed by atoms with Crippen molar-refractivity contribution in [1.29, 1.82) is 0 Å². The molecule has 106 valence electrons. The van der Waals surface area contributed by atoms with Gasteiger partial charge in [0.1, 0.15) is 6.10 Å². The predicted octanol–water partition coefficient (Wildman–Crippen LogP) is 3.98. The summed E-state index contributed by atoms with van der Waals surface area (Å²) in [6, 6.07) is 16.6. The molecule has 1 atom stereocenters. The molecular formula is C17H14ClNO2. The Morgan fingerprint density at radius 3 is 2.67 bits per heavy atom. The summed E-state index contributed by atoms with van der Waals surface area (Å²) >= 11 is 6.01. The van der Waals surface area contributed by atoms with Gasteiger partial charge in [-0.05, 0) is 29.3 Å². The molecule has 4 heteroatoms. The lowest BCUT2D eigenvalue weighted by Crippen LogP contribution is -2.02. The zero-order chi connectivity index (χ0) is 14.8. The van der Waals surface area contributed by atoms with Gasteiger partial charge < -0.3 is 9.84 Å². The quantitative estimate of drug-likeness (QED) is 0.795. The molecule has 1 aromatic heterocycles. The lowest BCUT2D eigenvalue weighted by molar-refractivity contribution is 0.221. The van der Waals surface area contributed by atoms with Crippen LogP contribution in [0.4, 0.5) is 0 Å². The number of hydrogen-bond donors (Lipinski definition) is 1. The van der Waals surface area contributed by atoms with Crippen LogP contribution in [-0.2, 0) is 0 Å². The minimum absolute atomic E-state index is 0.477. The first-order valence-electron chi connectivity index (χ1n) is 6.56. The van der Waals surface area contributed by atoms with E-state index in [1.165, 1.54) is 0 Å². The summed E-state index contributed by atoms with van der Waals surface area (Å²) in [5.74, 6) is 0.477. The number of benzene rings is 2. The molecule has 0 saturated carbocycles. The number of aliphatic hydroxyl groups is 1. The van der Waals surface area contributed by atoms with Gasteiger partial charge in [-0.2, -0.15) is 0 Å². The second-order valence-corrected chi connectivity index (χ2v) is 5.16. The fraction of sp³-hybridized carbons (Fsp3) is 0.118. The second kappa shape index (κ2) is 5.72. The van der Waals surface area contributed by atoms with Crippen LogP contribution >= 0.6 is 11.6 Å². The van der Waals surface area contributed by atoms with Crippen molar-refractivity contribution in [3.05, 3.63) is 70.7 Å². The third-order valence-electron chi connectivity index (χ3n) is 3.39. The van der Waals surface area contributed by atoms with Crippen LogP contribution < -0.4 is 4.74 Å². The molecule has 0 aliphatic heterocycles. The molecule has 0 radical (unpaired) electrons. The van der Waals surface area contributed by atoms with Crippen LogP contribution in [0.3, 0.4) is 0 Å². The molecule has 21 heavy (non-hydrogen) atoms. The molecule has 0 aliphatic rings. The minimum Gasteiger partial charge on any atom is -0.481 e. The Bertz CT molecular complexity index is 789. The van der Waals surface area contributed by atoms with Crippen LogP contribution in [0.25, 0.3) is 10.9 Å². The van der Waals surface area contributed by atoms with Gasteiger partial charge in [-0.3, -0.25) is 0 Å². The van der Waals surface area contributed by atoms with Crippen molar-refractivity contribution >= 4 is 22.5 Å². The Morgan fingerprint density at radius 1 is 1.10 bits per heavy atom. The maximum atomic E-state index is 10.7. The smallest absolute Gasteiger partial charge is 0.213 e. The predicted molar refractivity (Wildman–Crippen MR) is 83.8 cm³/mol. The van der Waals surface area contributed by atoms with Gasteiger partial charge in [0.2, 0.25) is 5.88 Å². The molecule has 0 spiro atoms. The molecule has 0 amide bonds. The Kier molecular flexibility index (Phi) is 3.78. The van der Waals surface area contributed by atoms with E-state index in [9.17, 15) is 5.11 Å². The molecule has 0 fully saturated rings. The standard InChI is InChI=1S/C17H14ClNO2/c1-21-16-10-14(13-7-2-3-8-15(13)19-16)17(20)11-5-4-6-12(18)9-11/h2-10,17,20H,1H3. The number of rotatable bonds is 3. The van der Waals surface area contributed by atoms with Gasteiger partial charge in [-0.1, -0.05) is 41.9 Å². The van der Waals surface area contributed by atoms with Crippen LogP contribution in [0, 0.1) is 0 Å². The summed E-state index contributed by atoms with van der Waals surface area (Å²) in [4.78, 5) is 4.39. The number of nitrogens with zero attached hydrogens (tertiary/aromatic N) is 1. The maximum absolute atomic E-state index is 10.7. The number of para-hydroxylation sites is 1. The van der Waals surface area contributed by atoms with Crippen LogP contribution in [0.1, 0.15) is 17.2 Å². The summed E-state index contributed by atoms with van der Waals surface area (Å²) in [6.45, 7) is 0. The monoisotopic (exact) mass is 299 g/mol.